The number of hydrogen-bond acceptors (Lipinski definition) is 6. The van der Waals surface area contributed by atoms with Crippen molar-refractivity contribution < 1.29 is 18.0 Å². The molecule has 0 unspecified atom stereocenters. The summed E-state index contributed by atoms with van der Waals surface area (Å²) >= 11 is 0. The van der Waals surface area contributed by atoms with Crippen LogP contribution < -0.4 is 4.84 Å². The highest BCUT2D eigenvalue weighted by atomic mass is 32.2. The Labute approximate surface area is 169 Å². The molecule has 1 amide bonds. The van der Waals surface area contributed by atoms with Gasteiger partial charge in [-0.1, -0.05) is 29.1 Å². The highest BCUT2D eigenvalue weighted by molar-refractivity contribution is 7.89. The fourth-order valence-corrected chi connectivity index (χ4v) is 3.62. The molecule has 1 aromatic heterocycles. The van der Waals surface area contributed by atoms with Crippen molar-refractivity contribution in [1.82, 2.24) is 24.4 Å². The minimum absolute atomic E-state index is 0.0881. The normalized spacial score (nSPS) is 11.8. The van der Waals surface area contributed by atoms with E-state index in [2.05, 4.69) is 10.3 Å². The number of nitrogens with zero attached hydrogens (tertiary/aromatic N) is 5. The van der Waals surface area contributed by atoms with E-state index in [0.29, 0.717) is 17.6 Å². The van der Waals surface area contributed by atoms with Crippen LogP contribution in [0.2, 0.25) is 0 Å². The average molecular weight is 417 g/mol. The number of aryl methyl sites for hydroxylation is 1. The Kier molecular flexibility index (Phi) is 5.85. The molecule has 29 heavy (non-hydrogen) atoms. The molecule has 3 rings (SSSR count). The van der Waals surface area contributed by atoms with E-state index in [1.54, 1.807) is 18.0 Å². The number of sulfonamides is 1. The number of hydrogen-bond donors (Lipinski definition) is 0. The van der Waals surface area contributed by atoms with Crippen molar-refractivity contribution in [2.24, 2.45) is 0 Å². The number of amides is 1. The second kappa shape index (κ2) is 8.18. The van der Waals surface area contributed by atoms with Gasteiger partial charge in [0.1, 0.15) is 11.0 Å². The van der Waals surface area contributed by atoms with Crippen molar-refractivity contribution in [2.75, 3.05) is 27.7 Å². The molecule has 0 N–H and O–H groups in total. The van der Waals surface area contributed by atoms with Crippen LogP contribution in [-0.4, -0.2) is 66.4 Å². The molecule has 0 radical (unpaired) electrons. The summed E-state index contributed by atoms with van der Waals surface area (Å²) in [4.78, 5) is 20.6. The number of rotatable bonds is 7. The van der Waals surface area contributed by atoms with Gasteiger partial charge in [-0.05, 0) is 41.5 Å². The number of aromatic nitrogens is 3. The van der Waals surface area contributed by atoms with Gasteiger partial charge >= 0.3 is 0 Å². The van der Waals surface area contributed by atoms with Crippen LogP contribution in [0.5, 0.6) is 0 Å². The second-order valence-electron chi connectivity index (χ2n) is 6.85. The summed E-state index contributed by atoms with van der Waals surface area (Å²) in [5.41, 5.74) is 2.98. The Morgan fingerprint density at radius 3 is 2.55 bits per heavy atom. The predicted octanol–water partition coefficient (Wildman–Crippen LogP) is 1.08. The van der Waals surface area contributed by atoms with Gasteiger partial charge in [0, 0.05) is 27.7 Å². The zero-order chi connectivity index (χ0) is 21.2. The van der Waals surface area contributed by atoms with E-state index in [0.717, 1.165) is 20.3 Å². The van der Waals surface area contributed by atoms with Gasteiger partial charge in [0.25, 0.3) is 5.91 Å². The molecule has 0 aliphatic rings. The van der Waals surface area contributed by atoms with Gasteiger partial charge in [0.05, 0.1) is 4.90 Å². The lowest BCUT2D eigenvalue weighted by molar-refractivity contribution is -0.136. The SMILES string of the molecule is Cc1ccccc1CN(C)C(=O)COn1nnc2ccc(S(=O)(=O)N(C)C)cc21. The van der Waals surface area contributed by atoms with Crippen LogP contribution in [0.4, 0.5) is 0 Å². The molecular weight excluding hydrogens is 394 g/mol. The lowest BCUT2D eigenvalue weighted by atomic mass is 10.1. The Balaban J connectivity index is 1.73. The van der Waals surface area contributed by atoms with Crippen LogP contribution in [0.15, 0.2) is 47.4 Å². The zero-order valence-electron chi connectivity index (χ0n) is 16.7. The molecule has 1 heterocycles. The topological polar surface area (TPSA) is 97.6 Å². The summed E-state index contributed by atoms with van der Waals surface area (Å²) < 4.78 is 25.8. The van der Waals surface area contributed by atoms with E-state index < -0.39 is 10.0 Å². The Bertz CT molecular complexity index is 1140. The molecule has 0 aliphatic carbocycles. The van der Waals surface area contributed by atoms with Crippen molar-refractivity contribution in [2.45, 2.75) is 18.4 Å². The van der Waals surface area contributed by atoms with Crippen molar-refractivity contribution in [3.63, 3.8) is 0 Å². The van der Waals surface area contributed by atoms with E-state index in [-0.39, 0.29) is 17.4 Å². The Morgan fingerprint density at radius 2 is 1.86 bits per heavy atom. The van der Waals surface area contributed by atoms with E-state index in [1.807, 2.05) is 31.2 Å². The van der Waals surface area contributed by atoms with Gasteiger partial charge < -0.3 is 9.74 Å². The first-order chi connectivity index (χ1) is 13.7. The molecule has 0 fully saturated rings. The molecule has 0 saturated heterocycles. The molecule has 0 saturated carbocycles. The molecule has 0 bridgehead atoms. The van der Waals surface area contributed by atoms with Gasteiger partial charge in [-0.25, -0.2) is 12.7 Å². The first kappa shape index (κ1) is 20.7. The van der Waals surface area contributed by atoms with Crippen LogP contribution in [0.25, 0.3) is 11.0 Å². The van der Waals surface area contributed by atoms with Crippen molar-refractivity contribution in [1.29, 1.82) is 0 Å². The lowest BCUT2D eigenvalue weighted by Crippen LogP contribution is -2.33. The van der Waals surface area contributed by atoms with E-state index in [1.165, 1.54) is 26.2 Å². The molecule has 0 aliphatic heterocycles. The molecule has 3 aromatic rings. The number of likely N-dealkylation sites (N-methyl/N-ethyl adjacent to an activating group) is 1. The minimum atomic E-state index is -3.61. The third-order valence-electron chi connectivity index (χ3n) is 4.57. The maximum Gasteiger partial charge on any atom is 0.263 e. The third-order valence-corrected chi connectivity index (χ3v) is 6.38. The molecule has 0 spiro atoms. The fraction of sp³-hybridized carbons (Fsp3) is 0.316. The van der Waals surface area contributed by atoms with Crippen molar-refractivity contribution in [3.8, 4) is 0 Å². The Hall–Kier alpha value is -2.98. The first-order valence-electron chi connectivity index (χ1n) is 8.90. The molecular formula is C19H23N5O4S. The highest BCUT2D eigenvalue weighted by Crippen LogP contribution is 2.19. The molecule has 0 atom stereocenters. The average Bonchev–Trinajstić information content (AvgIpc) is 3.10. The summed E-state index contributed by atoms with van der Waals surface area (Å²) in [7, 11) is 0.987. The monoisotopic (exact) mass is 417 g/mol. The predicted molar refractivity (Wildman–Crippen MR) is 108 cm³/mol. The summed E-state index contributed by atoms with van der Waals surface area (Å²) in [5, 5.41) is 7.80. The highest BCUT2D eigenvalue weighted by Gasteiger charge is 2.20. The summed E-state index contributed by atoms with van der Waals surface area (Å²) in [6.45, 7) is 2.19. The van der Waals surface area contributed by atoms with Crippen molar-refractivity contribution in [3.05, 3.63) is 53.6 Å². The lowest BCUT2D eigenvalue weighted by Gasteiger charge is -2.18. The Morgan fingerprint density at radius 1 is 1.14 bits per heavy atom. The van der Waals surface area contributed by atoms with Crippen LogP contribution >= 0.6 is 0 Å². The quantitative estimate of drug-likeness (QED) is 0.571. The van der Waals surface area contributed by atoms with Gasteiger partial charge in [0.2, 0.25) is 10.0 Å². The third kappa shape index (κ3) is 4.38. The van der Waals surface area contributed by atoms with E-state index >= 15 is 0 Å². The number of carbonyl (C=O) groups is 1. The largest absolute Gasteiger partial charge is 0.385 e. The standard InChI is InChI=1S/C19H23N5O4S/c1-14-7-5-6-8-15(14)12-23(4)19(25)13-28-24-18-11-16(29(26,27)22(2)3)9-10-17(18)20-21-24/h5-11H,12-13H2,1-4H3. The summed E-state index contributed by atoms with van der Waals surface area (Å²) in [5.74, 6) is -0.242. The molecule has 10 heteroatoms. The van der Waals surface area contributed by atoms with Crippen LogP contribution in [-0.2, 0) is 21.4 Å². The smallest absolute Gasteiger partial charge is 0.263 e. The number of carbonyl (C=O) groups excluding carboxylic acids is 1. The van der Waals surface area contributed by atoms with Crippen LogP contribution in [0.3, 0.4) is 0 Å². The maximum atomic E-state index is 12.4. The van der Waals surface area contributed by atoms with Gasteiger partial charge in [-0.3, -0.25) is 4.79 Å². The number of fused-ring (bicyclic) bond motifs is 1. The van der Waals surface area contributed by atoms with Gasteiger partial charge in [0.15, 0.2) is 6.61 Å². The summed E-state index contributed by atoms with van der Waals surface area (Å²) in [6, 6.07) is 12.3. The fourth-order valence-electron chi connectivity index (χ4n) is 2.70. The molecule has 2 aromatic carbocycles. The van der Waals surface area contributed by atoms with E-state index in [9.17, 15) is 13.2 Å². The second-order valence-corrected chi connectivity index (χ2v) is 9.00. The maximum absolute atomic E-state index is 12.4. The summed E-state index contributed by atoms with van der Waals surface area (Å²) in [6.07, 6.45) is 0. The van der Waals surface area contributed by atoms with Crippen LogP contribution in [0, 0.1) is 6.92 Å². The van der Waals surface area contributed by atoms with Crippen molar-refractivity contribution >= 4 is 27.0 Å². The molecule has 9 nitrogen and oxygen atoms in total. The van der Waals surface area contributed by atoms with E-state index in [4.69, 9.17) is 4.84 Å². The zero-order valence-corrected chi connectivity index (χ0v) is 17.5. The first-order valence-corrected chi connectivity index (χ1v) is 10.3. The van der Waals surface area contributed by atoms with Gasteiger partial charge in [-0.15, -0.1) is 5.10 Å². The minimum Gasteiger partial charge on any atom is -0.385 e. The van der Waals surface area contributed by atoms with Crippen LogP contribution in [0.1, 0.15) is 11.1 Å². The molecule has 154 valence electrons. The van der Waals surface area contributed by atoms with Gasteiger partial charge in [-0.2, -0.15) is 0 Å². The number of benzene rings is 2.